The van der Waals surface area contributed by atoms with Crippen molar-refractivity contribution in [3.05, 3.63) is 97.4 Å². The number of likely N-dealkylation sites (tertiary alicyclic amines) is 2. The number of hydrogen-bond acceptors (Lipinski definition) is 5. The van der Waals surface area contributed by atoms with E-state index in [1.165, 1.54) is 18.2 Å². The van der Waals surface area contributed by atoms with E-state index in [4.69, 9.17) is 46.4 Å². The van der Waals surface area contributed by atoms with Crippen molar-refractivity contribution >= 4 is 74.4 Å². The lowest BCUT2D eigenvalue weighted by atomic mass is 10.0. The van der Waals surface area contributed by atoms with Crippen LogP contribution in [-0.4, -0.2) is 74.4 Å². The van der Waals surface area contributed by atoms with Gasteiger partial charge >= 0.3 is 12.1 Å². The number of rotatable bonds is 9. The molecule has 0 aliphatic carbocycles. The first-order chi connectivity index (χ1) is 23.4. The Balaban J connectivity index is 1.06. The maximum absolute atomic E-state index is 13.3. The van der Waals surface area contributed by atoms with Crippen LogP contribution < -0.4 is 20.7 Å². The Morgan fingerprint density at radius 1 is 0.673 bits per heavy atom. The Hall–Kier alpha value is -3.26. The highest BCUT2D eigenvalue weighted by Crippen LogP contribution is 2.23. The number of halogens is 4. The Morgan fingerprint density at radius 2 is 1.16 bits per heavy atom. The molecule has 3 aromatic carbocycles. The fourth-order valence-electron chi connectivity index (χ4n) is 5.68. The molecule has 16 heteroatoms. The molecule has 262 valence electrons. The highest BCUT2D eigenvalue weighted by molar-refractivity contribution is 7.89. The number of benzene rings is 3. The maximum atomic E-state index is 13.3. The van der Waals surface area contributed by atoms with Gasteiger partial charge in [0.25, 0.3) is 5.91 Å². The van der Waals surface area contributed by atoms with Gasteiger partial charge in [0.2, 0.25) is 10.0 Å². The van der Waals surface area contributed by atoms with Gasteiger partial charge in [0.15, 0.2) is 0 Å². The van der Waals surface area contributed by atoms with Crippen LogP contribution in [0.5, 0.6) is 0 Å². The number of hydrogen-bond donors (Lipinski definition) is 4. The largest absolute Gasteiger partial charge is 0.349 e. The molecule has 0 radical (unpaired) electrons. The van der Waals surface area contributed by atoms with Crippen LogP contribution >= 0.6 is 46.4 Å². The molecular formula is C33H36Cl4N6O5S. The summed E-state index contributed by atoms with van der Waals surface area (Å²) in [4.78, 5) is 41.8. The summed E-state index contributed by atoms with van der Waals surface area (Å²) >= 11 is 24.3. The summed E-state index contributed by atoms with van der Waals surface area (Å²) in [5.74, 6) is -0.392. The molecule has 2 aliphatic rings. The predicted octanol–water partition coefficient (Wildman–Crippen LogP) is 6.06. The fourth-order valence-corrected chi connectivity index (χ4v) is 7.98. The van der Waals surface area contributed by atoms with Crippen LogP contribution in [0.2, 0.25) is 20.1 Å². The number of amides is 5. The number of carbonyl (C=O) groups is 3. The van der Waals surface area contributed by atoms with E-state index in [2.05, 4.69) is 20.7 Å². The standard InChI is InChI=1S/C33H36Cl4N6O5S/c34-24-6-4-22(29(36)17-24)19-38-32(45)42-12-8-26(9-13-42)40-31(44)21-2-1-3-28(16-21)49(47,48)41-27-10-14-43(15-11-27)33(46)39-20-23-5-7-25(35)18-30(23)37/h1-7,16-18,26-27,41H,8-15,19-20H2,(H,38,45)(H,39,46)(H,40,44). The van der Waals surface area contributed by atoms with E-state index in [-0.39, 0.29) is 47.7 Å². The van der Waals surface area contributed by atoms with E-state index in [1.54, 1.807) is 52.3 Å². The number of carbonyl (C=O) groups excluding carboxylic acids is 3. The first-order valence-corrected chi connectivity index (χ1v) is 18.7. The van der Waals surface area contributed by atoms with Crippen LogP contribution in [0.3, 0.4) is 0 Å². The predicted molar refractivity (Wildman–Crippen MR) is 191 cm³/mol. The van der Waals surface area contributed by atoms with Crippen LogP contribution in [0.1, 0.15) is 47.2 Å². The zero-order chi connectivity index (χ0) is 35.1. The molecule has 2 saturated heterocycles. The van der Waals surface area contributed by atoms with Crippen molar-refractivity contribution in [3.8, 4) is 0 Å². The molecule has 0 saturated carbocycles. The summed E-state index contributed by atoms with van der Waals surface area (Å²) in [6.45, 7) is 2.13. The maximum Gasteiger partial charge on any atom is 0.317 e. The smallest absolute Gasteiger partial charge is 0.317 e. The zero-order valence-corrected chi connectivity index (χ0v) is 30.2. The number of urea groups is 2. The molecule has 0 aromatic heterocycles. The molecule has 49 heavy (non-hydrogen) atoms. The van der Waals surface area contributed by atoms with Gasteiger partial charge in [-0.1, -0.05) is 64.6 Å². The van der Waals surface area contributed by atoms with E-state index >= 15 is 0 Å². The Kier molecular flexibility index (Phi) is 12.6. The van der Waals surface area contributed by atoms with E-state index < -0.39 is 15.9 Å². The topological polar surface area (TPSA) is 140 Å². The molecule has 5 amide bonds. The highest BCUT2D eigenvalue weighted by Gasteiger charge is 2.28. The number of sulfonamides is 1. The van der Waals surface area contributed by atoms with E-state index in [9.17, 15) is 22.8 Å². The molecule has 0 bridgehead atoms. The SMILES string of the molecule is O=C(NC1CCN(C(=O)NCc2ccc(Cl)cc2Cl)CC1)c1cccc(S(=O)(=O)NC2CCN(C(=O)NCc3ccc(Cl)cc3Cl)CC2)c1. The van der Waals surface area contributed by atoms with Gasteiger partial charge in [-0.2, -0.15) is 0 Å². The highest BCUT2D eigenvalue weighted by atomic mass is 35.5. The first-order valence-electron chi connectivity index (χ1n) is 15.7. The Labute approximate surface area is 305 Å². The summed E-state index contributed by atoms with van der Waals surface area (Å²) in [6.07, 6.45) is 1.96. The number of nitrogens with one attached hydrogen (secondary N) is 4. The van der Waals surface area contributed by atoms with Gasteiger partial charge in [-0.3, -0.25) is 4.79 Å². The average Bonchev–Trinajstić information content (AvgIpc) is 3.08. The molecule has 0 atom stereocenters. The number of piperidine rings is 2. The quantitative estimate of drug-likeness (QED) is 0.210. The second-order valence-corrected chi connectivity index (χ2v) is 15.3. The Morgan fingerprint density at radius 3 is 1.65 bits per heavy atom. The lowest BCUT2D eigenvalue weighted by Crippen LogP contribution is -2.49. The third-order valence-electron chi connectivity index (χ3n) is 8.52. The molecule has 0 unspecified atom stereocenters. The van der Waals surface area contributed by atoms with E-state index in [0.717, 1.165) is 11.1 Å². The lowest BCUT2D eigenvalue weighted by molar-refractivity contribution is 0.0917. The molecule has 11 nitrogen and oxygen atoms in total. The Bertz CT molecular complexity index is 1800. The second kappa shape index (κ2) is 16.6. The molecule has 2 aliphatic heterocycles. The zero-order valence-electron chi connectivity index (χ0n) is 26.4. The minimum absolute atomic E-state index is 0.0209. The molecular weight excluding hydrogens is 734 g/mol. The van der Waals surface area contributed by atoms with Gasteiger partial charge in [-0.15, -0.1) is 0 Å². The van der Waals surface area contributed by atoms with E-state index in [0.29, 0.717) is 72.0 Å². The van der Waals surface area contributed by atoms with Crippen molar-refractivity contribution < 1.29 is 22.8 Å². The van der Waals surface area contributed by atoms with Crippen LogP contribution in [0.4, 0.5) is 9.59 Å². The molecule has 2 heterocycles. The van der Waals surface area contributed by atoms with Gasteiger partial charge in [0, 0.05) is 77.0 Å². The molecule has 3 aromatic rings. The summed E-state index contributed by atoms with van der Waals surface area (Å²) in [6, 6.07) is 15.0. The average molecular weight is 771 g/mol. The van der Waals surface area contributed by atoms with Gasteiger partial charge in [0.1, 0.15) is 0 Å². The summed E-state index contributed by atoms with van der Waals surface area (Å²) in [5.41, 5.74) is 1.71. The van der Waals surface area contributed by atoms with Crippen molar-refractivity contribution in [1.82, 2.24) is 30.5 Å². The minimum atomic E-state index is -3.93. The fraction of sp³-hybridized carbons (Fsp3) is 0.364. The third-order valence-corrected chi connectivity index (χ3v) is 11.2. The summed E-state index contributed by atoms with van der Waals surface area (Å²) in [5, 5.41) is 10.6. The number of nitrogens with zero attached hydrogens (tertiary/aromatic N) is 2. The van der Waals surface area contributed by atoms with Crippen LogP contribution in [0.15, 0.2) is 65.6 Å². The van der Waals surface area contributed by atoms with Crippen molar-refractivity contribution in [2.75, 3.05) is 26.2 Å². The van der Waals surface area contributed by atoms with Crippen molar-refractivity contribution in [1.29, 1.82) is 0 Å². The normalized spacial score (nSPS) is 15.9. The van der Waals surface area contributed by atoms with Gasteiger partial charge in [-0.25, -0.2) is 22.7 Å². The van der Waals surface area contributed by atoms with Crippen molar-refractivity contribution in [2.24, 2.45) is 0 Å². The molecule has 0 spiro atoms. The van der Waals surface area contributed by atoms with Gasteiger partial charge < -0.3 is 25.8 Å². The molecule has 5 rings (SSSR count). The van der Waals surface area contributed by atoms with Crippen molar-refractivity contribution in [3.63, 3.8) is 0 Å². The first kappa shape index (κ1) is 37.0. The summed E-state index contributed by atoms with van der Waals surface area (Å²) in [7, 11) is -3.93. The van der Waals surface area contributed by atoms with Crippen LogP contribution in [-0.2, 0) is 23.1 Å². The van der Waals surface area contributed by atoms with E-state index in [1.807, 2.05) is 0 Å². The minimum Gasteiger partial charge on any atom is -0.349 e. The molecule has 4 N–H and O–H groups in total. The van der Waals surface area contributed by atoms with Crippen molar-refractivity contribution in [2.45, 2.75) is 55.8 Å². The van der Waals surface area contributed by atoms with Gasteiger partial charge in [-0.05, 0) is 79.3 Å². The van der Waals surface area contributed by atoms with Crippen LogP contribution in [0, 0.1) is 0 Å². The monoisotopic (exact) mass is 768 g/mol. The van der Waals surface area contributed by atoms with Gasteiger partial charge in [0.05, 0.1) is 4.90 Å². The molecule has 2 fully saturated rings. The third kappa shape index (κ3) is 10.1. The van der Waals surface area contributed by atoms with Crippen LogP contribution in [0.25, 0.3) is 0 Å². The second-order valence-electron chi connectivity index (χ2n) is 11.9. The lowest BCUT2D eigenvalue weighted by Gasteiger charge is -2.32. The summed E-state index contributed by atoms with van der Waals surface area (Å²) < 4.78 is 29.2.